The number of rotatable bonds is 1. The van der Waals surface area contributed by atoms with Crippen LogP contribution in [0.5, 0.6) is 0 Å². The van der Waals surface area contributed by atoms with Gasteiger partial charge in [-0.1, -0.05) is 20.8 Å². The molecule has 0 bridgehead atoms. The van der Waals surface area contributed by atoms with Crippen LogP contribution in [0.4, 0.5) is 0 Å². The quantitative estimate of drug-likeness (QED) is 0.646. The van der Waals surface area contributed by atoms with Crippen LogP contribution in [0.3, 0.4) is 0 Å². The monoisotopic (exact) mass is 201 g/mol. The van der Waals surface area contributed by atoms with E-state index in [1.807, 2.05) is 37.4 Å². The Morgan fingerprint density at radius 1 is 1.46 bits per heavy atom. The molecule has 1 amide bonds. The summed E-state index contributed by atoms with van der Waals surface area (Å²) in [5, 5.41) is 0.659. The van der Waals surface area contributed by atoms with Crippen molar-refractivity contribution in [1.82, 2.24) is 4.90 Å². The van der Waals surface area contributed by atoms with Gasteiger partial charge < -0.3 is 4.90 Å². The van der Waals surface area contributed by atoms with E-state index in [0.29, 0.717) is 11.2 Å². The van der Waals surface area contributed by atoms with E-state index in [1.165, 1.54) is 0 Å². The van der Waals surface area contributed by atoms with Gasteiger partial charge in [0.1, 0.15) is 0 Å². The average molecular weight is 201 g/mol. The fraction of sp³-hybridized carbons (Fsp3) is 0.900. The van der Waals surface area contributed by atoms with Gasteiger partial charge in [-0.15, -0.1) is 0 Å². The van der Waals surface area contributed by atoms with Crippen molar-refractivity contribution in [3.8, 4) is 0 Å². The maximum absolute atomic E-state index is 11.8. The zero-order valence-electron chi connectivity index (χ0n) is 8.96. The minimum Gasteiger partial charge on any atom is -0.341 e. The average Bonchev–Trinajstić information content (AvgIpc) is 2.48. The molecule has 0 unspecified atom stereocenters. The van der Waals surface area contributed by atoms with Gasteiger partial charge in [0.05, 0.1) is 0 Å². The molecule has 0 aromatic carbocycles. The predicted molar refractivity (Wildman–Crippen MR) is 58.0 cm³/mol. The number of thioether (sulfide) groups is 1. The van der Waals surface area contributed by atoms with E-state index >= 15 is 0 Å². The molecule has 0 aromatic heterocycles. The Morgan fingerprint density at radius 3 is 2.46 bits per heavy atom. The molecular weight excluding hydrogens is 182 g/mol. The van der Waals surface area contributed by atoms with E-state index in [2.05, 4.69) is 6.26 Å². The molecule has 0 radical (unpaired) electrons. The van der Waals surface area contributed by atoms with Crippen LogP contribution in [0.25, 0.3) is 0 Å². The van der Waals surface area contributed by atoms with Crippen LogP contribution in [0.1, 0.15) is 27.2 Å². The molecule has 2 nitrogen and oxygen atoms in total. The van der Waals surface area contributed by atoms with Gasteiger partial charge in [0.15, 0.2) is 0 Å². The molecule has 1 rings (SSSR count). The van der Waals surface area contributed by atoms with Gasteiger partial charge >= 0.3 is 0 Å². The molecule has 1 aliphatic heterocycles. The van der Waals surface area contributed by atoms with E-state index in [1.54, 1.807) is 0 Å². The highest BCUT2D eigenvalue weighted by molar-refractivity contribution is 7.99. The van der Waals surface area contributed by atoms with Gasteiger partial charge in [0.2, 0.25) is 5.91 Å². The first-order valence-corrected chi connectivity index (χ1v) is 6.06. The SMILES string of the molecule is CS[C@H]1CCN(C(=O)C(C)(C)C)C1. The number of hydrogen-bond acceptors (Lipinski definition) is 2. The first-order valence-electron chi connectivity index (χ1n) is 4.77. The van der Waals surface area contributed by atoms with Crippen LogP contribution < -0.4 is 0 Å². The summed E-state index contributed by atoms with van der Waals surface area (Å²) in [6, 6.07) is 0. The summed E-state index contributed by atoms with van der Waals surface area (Å²) in [5.74, 6) is 0.295. The van der Waals surface area contributed by atoms with Gasteiger partial charge in [-0.2, -0.15) is 11.8 Å². The fourth-order valence-corrected chi connectivity index (χ4v) is 2.25. The zero-order valence-corrected chi connectivity index (χ0v) is 9.78. The topological polar surface area (TPSA) is 20.3 Å². The molecule has 76 valence electrons. The normalized spacial score (nSPS) is 23.7. The van der Waals surface area contributed by atoms with Crippen molar-refractivity contribution in [3.05, 3.63) is 0 Å². The van der Waals surface area contributed by atoms with E-state index in [4.69, 9.17) is 0 Å². The van der Waals surface area contributed by atoms with Crippen molar-refractivity contribution < 1.29 is 4.79 Å². The van der Waals surface area contributed by atoms with Crippen molar-refractivity contribution >= 4 is 17.7 Å². The number of likely N-dealkylation sites (tertiary alicyclic amines) is 1. The zero-order chi connectivity index (χ0) is 10.1. The second kappa shape index (κ2) is 3.91. The third kappa shape index (κ3) is 2.63. The number of nitrogens with zero attached hydrogens (tertiary/aromatic N) is 1. The van der Waals surface area contributed by atoms with Crippen molar-refractivity contribution in [2.75, 3.05) is 19.3 Å². The number of hydrogen-bond donors (Lipinski definition) is 0. The largest absolute Gasteiger partial charge is 0.341 e. The Balaban J connectivity index is 2.52. The highest BCUT2D eigenvalue weighted by Gasteiger charge is 2.32. The van der Waals surface area contributed by atoms with Gasteiger partial charge in [0, 0.05) is 23.8 Å². The van der Waals surface area contributed by atoms with E-state index in [-0.39, 0.29) is 5.41 Å². The summed E-state index contributed by atoms with van der Waals surface area (Å²) >= 11 is 1.87. The first kappa shape index (κ1) is 10.9. The second-order valence-electron chi connectivity index (χ2n) is 4.65. The number of amides is 1. The van der Waals surface area contributed by atoms with E-state index < -0.39 is 0 Å². The maximum Gasteiger partial charge on any atom is 0.227 e. The molecule has 3 heteroatoms. The van der Waals surface area contributed by atoms with Crippen LogP contribution >= 0.6 is 11.8 Å². The molecule has 1 atom stereocenters. The minimum absolute atomic E-state index is 0.215. The standard InChI is InChI=1S/C10H19NOS/c1-10(2,3)9(12)11-6-5-8(7-11)13-4/h8H,5-7H2,1-4H3/t8-/m0/s1. The summed E-state index contributed by atoms with van der Waals surface area (Å²) < 4.78 is 0. The van der Waals surface area contributed by atoms with Crippen molar-refractivity contribution in [1.29, 1.82) is 0 Å². The molecule has 0 aromatic rings. The third-order valence-corrected chi connectivity index (χ3v) is 3.46. The van der Waals surface area contributed by atoms with Crippen LogP contribution in [0.15, 0.2) is 0 Å². The predicted octanol–water partition coefficient (Wildman–Crippen LogP) is 2.00. The van der Waals surface area contributed by atoms with Crippen molar-refractivity contribution in [3.63, 3.8) is 0 Å². The highest BCUT2D eigenvalue weighted by Crippen LogP contribution is 2.25. The molecule has 0 saturated carbocycles. The molecule has 1 heterocycles. The second-order valence-corrected chi connectivity index (χ2v) is 5.79. The van der Waals surface area contributed by atoms with Crippen molar-refractivity contribution in [2.24, 2.45) is 5.41 Å². The van der Waals surface area contributed by atoms with Crippen LogP contribution in [-0.4, -0.2) is 35.4 Å². The smallest absolute Gasteiger partial charge is 0.227 e. The Morgan fingerprint density at radius 2 is 2.08 bits per heavy atom. The summed E-state index contributed by atoms with van der Waals surface area (Å²) in [6.45, 7) is 7.85. The van der Waals surface area contributed by atoms with Crippen LogP contribution in [0.2, 0.25) is 0 Å². The molecule has 13 heavy (non-hydrogen) atoms. The van der Waals surface area contributed by atoms with Crippen LogP contribution in [-0.2, 0) is 4.79 Å². The number of carbonyl (C=O) groups is 1. The Kier molecular flexibility index (Phi) is 3.28. The summed E-state index contributed by atoms with van der Waals surface area (Å²) in [7, 11) is 0. The van der Waals surface area contributed by atoms with Gasteiger partial charge in [-0.05, 0) is 12.7 Å². The van der Waals surface area contributed by atoms with E-state index in [9.17, 15) is 4.79 Å². The third-order valence-electron chi connectivity index (χ3n) is 2.41. The maximum atomic E-state index is 11.8. The van der Waals surface area contributed by atoms with Gasteiger partial charge in [-0.3, -0.25) is 4.79 Å². The molecule has 0 aliphatic carbocycles. The summed E-state index contributed by atoms with van der Waals surface area (Å²) in [5.41, 5.74) is -0.215. The summed E-state index contributed by atoms with van der Waals surface area (Å²) in [4.78, 5) is 13.8. The summed E-state index contributed by atoms with van der Waals surface area (Å²) in [6.07, 6.45) is 3.28. The minimum atomic E-state index is -0.215. The lowest BCUT2D eigenvalue weighted by molar-refractivity contribution is -0.138. The Hall–Kier alpha value is -0.180. The molecular formula is C10H19NOS. The lowest BCUT2D eigenvalue weighted by Crippen LogP contribution is -2.38. The Bertz CT molecular complexity index is 198. The van der Waals surface area contributed by atoms with E-state index in [0.717, 1.165) is 19.5 Å². The molecule has 1 fully saturated rings. The fourth-order valence-electron chi connectivity index (χ4n) is 1.58. The van der Waals surface area contributed by atoms with Gasteiger partial charge in [-0.25, -0.2) is 0 Å². The molecule has 1 saturated heterocycles. The first-order chi connectivity index (χ1) is 5.95. The Labute approximate surface area is 85.1 Å². The highest BCUT2D eigenvalue weighted by atomic mass is 32.2. The number of carbonyl (C=O) groups excluding carboxylic acids is 1. The molecule has 0 N–H and O–H groups in total. The lowest BCUT2D eigenvalue weighted by Gasteiger charge is -2.25. The van der Waals surface area contributed by atoms with Crippen molar-refractivity contribution in [2.45, 2.75) is 32.4 Å². The van der Waals surface area contributed by atoms with Gasteiger partial charge in [0.25, 0.3) is 0 Å². The van der Waals surface area contributed by atoms with Crippen LogP contribution in [0, 0.1) is 5.41 Å². The lowest BCUT2D eigenvalue weighted by atomic mass is 9.95. The molecule has 0 spiro atoms. The molecule has 1 aliphatic rings.